The Morgan fingerprint density at radius 3 is 2.30 bits per heavy atom. The highest BCUT2D eigenvalue weighted by molar-refractivity contribution is 5.83. The van der Waals surface area contributed by atoms with Crippen LogP contribution in [0.2, 0.25) is 0 Å². The van der Waals surface area contributed by atoms with E-state index in [0.29, 0.717) is 6.54 Å². The van der Waals surface area contributed by atoms with Gasteiger partial charge < -0.3 is 20.8 Å². The molecule has 20 heavy (non-hydrogen) atoms. The van der Waals surface area contributed by atoms with E-state index in [-0.39, 0.29) is 18.3 Å². The molecule has 0 heterocycles. The van der Waals surface area contributed by atoms with Crippen LogP contribution in [0.3, 0.4) is 0 Å². The highest BCUT2D eigenvalue weighted by Gasteiger charge is 2.29. The van der Waals surface area contributed by atoms with E-state index in [0.717, 1.165) is 25.7 Å². The molecule has 0 unspecified atom stereocenters. The maximum atomic E-state index is 11.7. The summed E-state index contributed by atoms with van der Waals surface area (Å²) in [6.07, 6.45) is 3.97. The highest BCUT2D eigenvalue weighted by Crippen LogP contribution is 2.36. The number of amides is 2. The number of hydrogen-bond donors (Lipinski definition) is 4. The predicted molar refractivity (Wildman–Crippen MR) is 71.4 cm³/mol. The van der Waals surface area contributed by atoms with E-state index in [1.165, 1.54) is 0 Å². The lowest BCUT2D eigenvalue weighted by atomic mass is 9.89. The fourth-order valence-corrected chi connectivity index (χ4v) is 2.43. The summed E-state index contributed by atoms with van der Waals surface area (Å²) in [6, 6.07) is -1.74. The Morgan fingerprint density at radius 2 is 1.80 bits per heavy atom. The van der Waals surface area contributed by atoms with E-state index >= 15 is 0 Å². The molecule has 7 nitrogen and oxygen atoms in total. The van der Waals surface area contributed by atoms with Crippen molar-refractivity contribution in [3.8, 4) is 0 Å². The molecule has 0 saturated heterocycles. The lowest BCUT2D eigenvalue weighted by Crippen LogP contribution is -2.48. The zero-order valence-electron chi connectivity index (χ0n) is 11.6. The molecule has 4 N–H and O–H groups in total. The molecule has 114 valence electrons. The summed E-state index contributed by atoms with van der Waals surface area (Å²) in [5, 5.41) is 22.4. The lowest BCUT2D eigenvalue weighted by Gasteiger charge is -2.24. The average Bonchev–Trinajstić information content (AvgIpc) is 2.79. The molecule has 1 aliphatic carbocycles. The van der Waals surface area contributed by atoms with Gasteiger partial charge in [-0.05, 0) is 24.7 Å². The molecule has 0 aromatic rings. The largest absolute Gasteiger partial charge is 0.481 e. The predicted octanol–water partition coefficient (Wildman–Crippen LogP) is 1.18. The second-order valence-electron chi connectivity index (χ2n) is 5.67. The zero-order valence-corrected chi connectivity index (χ0v) is 11.6. The first-order valence-corrected chi connectivity index (χ1v) is 6.81. The molecular formula is C13H22N2O5. The van der Waals surface area contributed by atoms with Gasteiger partial charge in [-0.15, -0.1) is 0 Å². The third kappa shape index (κ3) is 5.46. The van der Waals surface area contributed by atoms with Crippen LogP contribution in [0.1, 0.15) is 45.4 Å². The van der Waals surface area contributed by atoms with Crippen molar-refractivity contribution in [2.24, 2.45) is 5.41 Å². The van der Waals surface area contributed by atoms with E-state index < -0.39 is 24.0 Å². The quantitative estimate of drug-likeness (QED) is 0.561. The number of carbonyl (C=O) groups excluding carboxylic acids is 1. The molecule has 0 aromatic carbocycles. The van der Waals surface area contributed by atoms with Crippen LogP contribution >= 0.6 is 0 Å². The summed E-state index contributed by atoms with van der Waals surface area (Å²) in [4.78, 5) is 33.0. The SMILES string of the molecule is CC1(CNC(=O)N[C@@H](CCC(=O)O)C(=O)O)CCCC1. The Labute approximate surface area is 117 Å². The molecule has 0 bridgehead atoms. The molecule has 0 radical (unpaired) electrons. The first-order chi connectivity index (χ1) is 9.32. The van der Waals surface area contributed by atoms with Crippen molar-refractivity contribution in [2.45, 2.75) is 51.5 Å². The van der Waals surface area contributed by atoms with Crippen molar-refractivity contribution in [1.82, 2.24) is 10.6 Å². The standard InChI is InChI=1S/C13H22N2O5/c1-13(6-2-3-7-13)8-14-12(20)15-9(11(18)19)4-5-10(16)17/h9H,2-8H2,1H3,(H,16,17)(H,18,19)(H2,14,15,20)/t9-/m0/s1. The van der Waals surface area contributed by atoms with Gasteiger partial charge in [0.1, 0.15) is 6.04 Å². The minimum Gasteiger partial charge on any atom is -0.481 e. The molecule has 1 fully saturated rings. The Bertz CT molecular complexity index is 377. The normalized spacial score (nSPS) is 18.2. The van der Waals surface area contributed by atoms with E-state index in [9.17, 15) is 14.4 Å². The summed E-state index contributed by atoms with van der Waals surface area (Å²) in [7, 11) is 0. The molecule has 1 rings (SSSR count). The van der Waals surface area contributed by atoms with Gasteiger partial charge in [0, 0.05) is 13.0 Å². The van der Waals surface area contributed by atoms with Crippen LogP contribution in [0, 0.1) is 5.41 Å². The molecular weight excluding hydrogens is 264 g/mol. The van der Waals surface area contributed by atoms with Crippen molar-refractivity contribution < 1.29 is 24.6 Å². The number of hydrogen-bond acceptors (Lipinski definition) is 3. The van der Waals surface area contributed by atoms with E-state index in [2.05, 4.69) is 17.6 Å². The number of carboxylic acids is 2. The summed E-state index contributed by atoms with van der Waals surface area (Å²) >= 11 is 0. The van der Waals surface area contributed by atoms with Gasteiger partial charge in [-0.25, -0.2) is 9.59 Å². The van der Waals surface area contributed by atoms with Crippen LogP contribution in [-0.4, -0.2) is 40.8 Å². The van der Waals surface area contributed by atoms with Gasteiger partial charge in [-0.2, -0.15) is 0 Å². The molecule has 0 aliphatic heterocycles. The first-order valence-electron chi connectivity index (χ1n) is 6.81. The minimum atomic E-state index is -1.23. The van der Waals surface area contributed by atoms with E-state index in [1.807, 2.05) is 0 Å². The number of nitrogens with one attached hydrogen (secondary N) is 2. The molecule has 7 heteroatoms. The molecule has 1 aliphatic rings. The van der Waals surface area contributed by atoms with Gasteiger partial charge in [0.2, 0.25) is 0 Å². The fraction of sp³-hybridized carbons (Fsp3) is 0.769. The number of carbonyl (C=O) groups is 3. The number of aliphatic carboxylic acids is 2. The number of rotatable bonds is 7. The van der Waals surface area contributed by atoms with Gasteiger partial charge in [0.05, 0.1) is 0 Å². The third-order valence-electron chi connectivity index (χ3n) is 3.74. The molecule has 0 aromatic heterocycles. The maximum Gasteiger partial charge on any atom is 0.326 e. The van der Waals surface area contributed by atoms with Gasteiger partial charge in [-0.3, -0.25) is 4.79 Å². The summed E-state index contributed by atoms with van der Waals surface area (Å²) in [5.74, 6) is -2.31. The van der Waals surface area contributed by atoms with Crippen LogP contribution in [0.15, 0.2) is 0 Å². The lowest BCUT2D eigenvalue weighted by molar-refractivity contribution is -0.140. The summed E-state index contributed by atoms with van der Waals surface area (Å²) < 4.78 is 0. The Balaban J connectivity index is 2.37. The van der Waals surface area contributed by atoms with Gasteiger partial charge >= 0.3 is 18.0 Å². The Morgan fingerprint density at radius 1 is 1.20 bits per heavy atom. The molecule has 1 atom stereocenters. The summed E-state index contributed by atoms with van der Waals surface area (Å²) in [5.41, 5.74) is 0.0805. The highest BCUT2D eigenvalue weighted by atomic mass is 16.4. The number of urea groups is 1. The second kappa shape index (κ2) is 7.12. The van der Waals surface area contributed by atoms with Crippen molar-refractivity contribution in [2.75, 3.05) is 6.54 Å². The average molecular weight is 286 g/mol. The van der Waals surface area contributed by atoms with Crippen molar-refractivity contribution in [3.63, 3.8) is 0 Å². The minimum absolute atomic E-state index is 0.0805. The molecule has 0 spiro atoms. The van der Waals surface area contributed by atoms with Gasteiger partial charge in [0.15, 0.2) is 0 Å². The smallest absolute Gasteiger partial charge is 0.326 e. The van der Waals surface area contributed by atoms with Crippen LogP contribution in [0.4, 0.5) is 4.79 Å². The number of carboxylic acid groups (broad SMARTS) is 2. The molecule has 2 amide bonds. The Kier molecular flexibility index (Phi) is 5.79. The van der Waals surface area contributed by atoms with E-state index in [4.69, 9.17) is 10.2 Å². The zero-order chi connectivity index (χ0) is 15.2. The second-order valence-corrected chi connectivity index (χ2v) is 5.67. The topological polar surface area (TPSA) is 116 Å². The third-order valence-corrected chi connectivity index (χ3v) is 3.74. The van der Waals surface area contributed by atoms with E-state index in [1.54, 1.807) is 0 Å². The maximum absolute atomic E-state index is 11.7. The van der Waals surface area contributed by atoms with Crippen molar-refractivity contribution >= 4 is 18.0 Å². The van der Waals surface area contributed by atoms with Crippen LogP contribution in [0.5, 0.6) is 0 Å². The van der Waals surface area contributed by atoms with Crippen LogP contribution in [0.25, 0.3) is 0 Å². The van der Waals surface area contributed by atoms with Crippen LogP contribution < -0.4 is 10.6 Å². The Hall–Kier alpha value is -1.79. The van der Waals surface area contributed by atoms with Gasteiger partial charge in [-0.1, -0.05) is 19.8 Å². The van der Waals surface area contributed by atoms with Crippen molar-refractivity contribution in [3.05, 3.63) is 0 Å². The fourth-order valence-electron chi connectivity index (χ4n) is 2.43. The molecule has 1 saturated carbocycles. The first kappa shape index (κ1) is 16.3. The van der Waals surface area contributed by atoms with Gasteiger partial charge in [0.25, 0.3) is 0 Å². The van der Waals surface area contributed by atoms with Crippen LogP contribution in [-0.2, 0) is 9.59 Å². The monoisotopic (exact) mass is 286 g/mol. The summed E-state index contributed by atoms with van der Waals surface area (Å²) in [6.45, 7) is 2.60. The van der Waals surface area contributed by atoms with Crippen molar-refractivity contribution in [1.29, 1.82) is 0 Å².